The summed E-state index contributed by atoms with van der Waals surface area (Å²) < 4.78 is 1.72. The molecule has 2 N–H and O–H groups in total. The smallest absolute Gasteiger partial charge is 0.191 e. The number of aliphatic imine (C=N–C) groups is 1. The van der Waals surface area contributed by atoms with Gasteiger partial charge in [-0.05, 0) is 12.1 Å². The average molecular weight is 302 g/mol. The van der Waals surface area contributed by atoms with E-state index in [0.717, 1.165) is 17.3 Å². The Morgan fingerprint density at radius 2 is 2.05 bits per heavy atom. The van der Waals surface area contributed by atoms with Crippen LogP contribution < -0.4 is 15.5 Å². The molecule has 0 radical (unpaired) electrons. The maximum Gasteiger partial charge on any atom is 0.191 e. The number of nitrogens with one attached hydrogen (secondary N) is 2. The van der Waals surface area contributed by atoms with Crippen molar-refractivity contribution < 1.29 is 0 Å². The van der Waals surface area contributed by atoms with Gasteiger partial charge in [0.1, 0.15) is 18.0 Å². The molecule has 0 amide bonds. The van der Waals surface area contributed by atoms with E-state index in [1.165, 1.54) is 6.33 Å². The van der Waals surface area contributed by atoms with Crippen LogP contribution in [0.1, 0.15) is 11.5 Å². The lowest BCUT2D eigenvalue weighted by Gasteiger charge is -2.14. The third-order valence-corrected chi connectivity index (χ3v) is 3.13. The molecule has 0 aliphatic carbocycles. The summed E-state index contributed by atoms with van der Waals surface area (Å²) in [6.07, 6.45) is 1.53. The second kappa shape index (κ2) is 7.39. The van der Waals surface area contributed by atoms with E-state index < -0.39 is 0 Å². The molecule has 2 rings (SSSR count). The number of rotatable bonds is 5. The Bertz CT molecular complexity index is 631. The summed E-state index contributed by atoms with van der Waals surface area (Å²) in [6, 6.07) is 5.95. The number of hydrogen-bond acceptors (Lipinski definition) is 5. The molecule has 0 aliphatic rings. The minimum Gasteiger partial charge on any atom is -0.363 e. The second-order valence-electron chi connectivity index (χ2n) is 4.96. The van der Waals surface area contributed by atoms with E-state index in [0.29, 0.717) is 19.0 Å². The van der Waals surface area contributed by atoms with Gasteiger partial charge in [-0.15, -0.1) is 0 Å². The Morgan fingerprint density at radius 3 is 2.68 bits per heavy atom. The largest absolute Gasteiger partial charge is 0.363 e. The van der Waals surface area contributed by atoms with Gasteiger partial charge in [0.05, 0.1) is 18.8 Å². The van der Waals surface area contributed by atoms with Gasteiger partial charge < -0.3 is 15.5 Å². The predicted molar refractivity (Wildman–Crippen MR) is 86.6 cm³/mol. The predicted octanol–water partition coefficient (Wildman–Crippen LogP) is 0.141. The van der Waals surface area contributed by atoms with Crippen LogP contribution in [-0.2, 0) is 20.1 Å². The van der Waals surface area contributed by atoms with Crippen LogP contribution in [0.15, 0.2) is 29.5 Å². The van der Waals surface area contributed by atoms with Crippen LogP contribution >= 0.6 is 0 Å². The molecule has 0 spiro atoms. The summed E-state index contributed by atoms with van der Waals surface area (Å²) in [5, 5.41) is 10.5. The van der Waals surface area contributed by atoms with Crippen LogP contribution in [0, 0.1) is 0 Å². The van der Waals surface area contributed by atoms with Gasteiger partial charge in [0.15, 0.2) is 5.96 Å². The fourth-order valence-electron chi connectivity index (χ4n) is 1.85. The van der Waals surface area contributed by atoms with Crippen molar-refractivity contribution in [2.45, 2.75) is 13.1 Å². The van der Waals surface area contributed by atoms with Crippen molar-refractivity contribution in [2.75, 3.05) is 26.0 Å². The van der Waals surface area contributed by atoms with Gasteiger partial charge in [0.2, 0.25) is 0 Å². The number of nitrogens with zero attached hydrogens (tertiary/aromatic N) is 6. The molecule has 0 saturated heterocycles. The molecule has 8 heteroatoms. The van der Waals surface area contributed by atoms with Gasteiger partial charge in [-0.2, -0.15) is 5.10 Å². The number of aryl methyl sites for hydroxylation is 1. The molecular formula is C14H22N8. The highest BCUT2D eigenvalue weighted by Crippen LogP contribution is 2.07. The molecule has 2 aromatic rings. The van der Waals surface area contributed by atoms with Crippen molar-refractivity contribution in [1.82, 2.24) is 30.4 Å². The van der Waals surface area contributed by atoms with Crippen molar-refractivity contribution in [2.24, 2.45) is 12.0 Å². The van der Waals surface area contributed by atoms with E-state index in [9.17, 15) is 0 Å². The third-order valence-electron chi connectivity index (χ3n) is 3.13. The molecule has 0 aromatic carbocycles. The molecule has 0 saturated carbocycles. The van der Waals surface area contributed by atoms with Crippen LogP contribution in [0.25, 0.3) is 0 Å². The van der Waals surface area contributed by atoms with E-state index >= 15 is 0 Å². The molecule has 0 unspecified atom stereocenters. The summed E-state index contributed by atoms with van der Waals surface area (Å²) in [6.45, 7) is 1.15. The number of guanidine groups is 1. The molecule has 2 heterocycles. The second-order valence-corrected chi connectivity index (χ2v) is 4.96. The normalized spacial score (nSPS) is 11.4. The molecule has 118 valence electrons. The number of pyridine rings is 1. The van der Waals surface area contributed by atoms with Crippen molar-refractivity contribution in [3.63, 3.8) is 0 Å². The molecule has 2 aromatic heterocycles. The number of hydrogen-bond donors (Lipinski definition) is 2. The van der Waals surface area contributed by atoms with Crippen LogP contribution in [0.2, 0.25) is 0 Å². The Hall–Kier alpha value is -2.64. The minimum atomic E-state index is 0.557. The number of aromatic nitrogens is 4. The summed E-state index contributed by atoms with van der Waals surface area (Å²) in [5.74, 6) is 2.47. The van der Waals surface area contributed by atoms with Crippen LogP contribution in [0.4, 0.5) is 5.82 Å². The molecule has 0 aliphatic heterocycles. The standard InChI is InChI=1S/C14H22N8/c1-15-14(17-9-13-18-10-19-22(13)4)16-8-11-6-5-7-12(20-11)21(2)3/h5-7,10H,8-9H2,1-4H3,(H2,15,16,17). The summed E-state index contributed by atoms with van der Waals surface area (Å²) in [5.41, 5.74) is 0.952. The first-order chi connectivity index (χ1) is 10.6. The van der Waals surface area contributed by atoms with E-state index in [2.05, 4.69) is 30.7 Å². The lowest BCUT2D eigenvalue weighted by Crippen LogP contribution is -2.37. The van der Waals surface area contributed by atoms with Crippen molar-refractivity contribution in [1.29, 1.82) is 0 Å². The highest BCUT2D eigenvalue weighted by Gasteiger charge is 2.04. The zero-order valence-electron chi connectivity index (χ0n) is 13.4. The van der Waals surface area contributed by atoms with E-state index in [-0.39, 0.29) is 0 Å². The maximum atomic E-state index is 4.56. The average Bonchev–Trinajstić information content (AvgIpc) is 2.93. The molecule has 0 fully saturated rings. The lowest BCUT2D eigenvalue weighted by atomic mass is 10.3. The van der Waals surface area contributed by atoms with Crippen molar-refractivity contribution in [3.8, 4) is 0 Å². The lowest BCUT2D eigenvalue weighted by molar-refractivity contribution is 0.672. The van der Waals surface area contributed by atoms with Crippen molar-refractivity contribution in [3.05, 3.63) is 36.0 Å². The van der Waals surface area contributed by atoms with Crippen LogP contribution in [0.5, 0.6) is 0 Å². The monoisotopic (exact) mass is 302 g/mol. The summed E-state index contributed by atoms with van der Waals surface area (Å²) in [7, 11) is 7.54. The minimum absolute atomic E-state index is 0.557. The highest BCUT2D eigenvalue weighted by molar-refractivity contribution is 5.79. The molecule has 0 atom stereocenters. The Kier molecular flexibility index (Phi) is 5.29. The Morgan fingerprint density at radius 1 is 1.27 bits per heavy atom. The first kappa shape index (κ1) is 15.7. The summed E-state index contributed by atoms with van der Waals surface area (Å²) in [4.78, 5) is 14.9. The van der Waals surface area contributed by atoms with Crippen LogP contribution in [0.3, 0.4) is 0 Å². The number of anilines is 1. The fraction of sp³-hybridized carbons (Fsp3) is 0.429. The van der Waals surface area contributed by atoms with Gasteiger partial charge in [0.25, 0.3) is 0 Å². The molecule has 8 nitrogen and oxygen atoms in total. The Labute approximate surface area is 130 Å². The Balaban J connectivity index is 1.89. The van der Waals surface area contributed by atoms with Gasteiger partial charge in [-0.25, -0.2) is 9.97 Å². The zero-order chi connectivity index (χ0) is 15.9. The molecular weight excluding hydrogens is 280 g/mol. The fourth-order valence-corrected chi connectivity index (χ4v) is 1.85. The SMILES string of the molecule is CN=C(NCc1cccc(N(C)C)n1)NCc1ncnn1C. The van der Waals surface area contributed by atoms with Crippen LogP contribution in [-0.4, -0.2) is 46.9 Å². The summed E-state index contributed by atoms with van der Waals surface area (Å²) >= 11 is 0. The van der Waals surface area contributed by atoms with Gasteiger partial charge >= 0.3 is 0 Å². The first-order valence-electron chi connectivity index (χ1n) is 7.01. The van der Waals surface area contributed by atoms with E-state index in [1.807, 2.05) is 44.2 Å². The highest BCUT2D eigenvalue weighted by atomic mass is 15.3. The van der Waals surface area contributed by atoms with E-state index in [4.69, 9.17) is 0 Å². The van der Waals surface area contributed by atoms with Gasteiger partial charge in [-0.3, -0.25) is 9.67 Å². The topological polar surface area (TPSA) is 83.3 Å². The quantitative estimate of drug-likeness (QED) is 0.604. The van der Waals surface area contributed by atoms with Crippen molar-refractivity contribution >= 4 is 11.8 Å². The van der Waals surface area contributed by atoms with Gasteiger partial charge in [-0.1, -0.05) is 6.07 Å². The molecule has 22 heavy (non-hydrogen) atoms. The van der Waals surface area contributed by atoms with E-state index in [1.54, 1.807) is 11.7 Å². The first-order valence-corrected chi connectivity index (χ1v) is 7.01. The zero-order valence-corrected chi connectivity index (χ0v) is 13.4. The maximum absolute atomic E-state index is 4.56. The third kappa shape index (κ3) is 4.18. The van der Waals surface area contributed by atoms with Gasteiger partial charge in [0, 0.05) is 28.2 Å². The molecule has 0 bridgehead atoms.